The summed E-state index contributed by atoms with van der Waals surface area (Å²) in [7, 11) is 0. The topological polar surface area (TPSA) is 30.5 Å². The maximum atomic E-state index is 5.76. The van der Waals surface area contributed by atoms with Crippen LogP contribution in [0.1, 0.15) is 45.6 Å². The molecule has 1 saturated carbocycles. The van der Waals surface area contributed by atoms with Crippen molar-refractivity contribution in [3.63, 3.8) is 0 Å². The van der Waals surface area contributed by atoms with Gasteiger partial charge in [0, 0.05) is 12.6 Å². The standard InChI is InChI=1S/C17H27NO2/c1-4-17(2,3)20-12-11-19-16-9-5-14(6-10-16)13-18-15-7-8-15/h5-6,9-10,15,18H,4,7-8,11-13H2,1-3H3. The van der Waals surface area contributed by atoms with Crippen LogP contribution in [-0.4, -0.2) is 24.9 Å². The largest absolute Gasteiger partial charge is 0.491 e. The highest BCUT2D eigenvalue weighted by Crippen LogP contribution is 2.20. The normalized spacial score (nSPS) is 15.3. The molecule has 2 rings (SSSR count). The van der Waals surface area contributed by atoms with Crippen LogP contribution in [0.3, 0.4) is 0 Å². The molecule has 0 saturated heterocycles. The molecule has 20 heavy (non-hydrogen) atoms. The van der Waals surface area contributed by atoms with Crippen molar-refractivity contribution < 1.29 is 9.47 Å². The SMILES string of the molecule is CCC(C)(C)OCCOc1ccc(CNC2CC2)cc1. The second-order valence-electron chi connectivity index (χ2n) is 6.11. The molecule has 0 spiro atoms. The molecular weight excluding hydrogens is 250 g/mol. The van der Waals surface area contributed by atoms with Crippen LogP contribution in [0.5, 0.6) is 5.75 Å². The molecule has 1 aliphatic rings. The Labute approximate surface area is 122 Å². The van der Waals surface area contributed by atoms with E-state index in [-0.39, 0.29) is 5.60 Å². The van der Waals surface area contributed by atoms with E-state index in [1.54, 1.807) is 0 Å². The van der Waals surface area contributed by atoms with E-state index in [0.29, 0.717) is 13.2 Å². The number of hydrogen-bond acceptors (Lipinski definition) is 3. The first-order chi connectivity index (χ1) is 9.59. The molecule has 1 aromatic rings. The van der Waals surface area contributed by atoms with E-state index in [4.69, 9.17) is 9.47 Å². The molecule has 3 nitrogen and oxygen atoms in total. The minimum absolute atomic E-state index is 0.0539. The number of benzene rings is 1. The van der Waals surface area contributed by atoms with E-state index in [0.717, 1.165) is 24.8 Å². The Morgan fingerprint density at radius 2 is 1.85 bits per heavy atom. The Bertz CT molecular complexity index is 396. The van der Waals surface area contributed by atoms with Gasteiger partial charge < -0.3 is 14.8 Å². The van der Waals surface area contributed by atoms with E-state index in [1.807, 2.05) is 12.1 Å². The fourth-order valence-electron chi connectivity index (χ4n) is 1.83. The number of hydrogen-bond donors (Lipinski definition) is 1. The van der Waals surface area contributed by atoms with Gasteiger partial charge in [0.25, 0.3) is 0 Å². The maximum absolute atomic E-state index is 5.76. The summed E-state index contributed by atoms with van der Waals surface area (Å²) in [6.45, 7) is 8.53. The molecule has 0 heterocycles. The monoisotopic (exact) mass is 277 g/mol. The first-order valence-corrected chi connectivity index (χ1v) is 7.68. The average molecular weight is 277 g/mol. The maximum Gasteiger partial charge on any atom is 0.119 e. The van der Waals surface area contributed by atoms with Gasteiger partial charge in [-0.05, 0) is 50.8 Å². The van der Waals surface area contributed by atoms with E-state index >= 15 is 0 Å². The Morgan fingerprint density at radius 1 is 1.15 bits per heavy atom. The first-order valence-electron chi connectivity index (χ1n) is 7.68. The summed E-state index contributed by atoms with van der Waals surface area (Å²) >= 11 is 0. The highest BCUT2D eigenvalue weighted by Gasteiger charge is 2.19. The smallest absolute Gasteiger partial charge is 0.119 e. The number of ether oxygens (including phenoxy) is 2. The Kier molecular flexibility index (Phi) is 5.44. The van der Waals surface area contributed by atoms with Gasteiger partial charge in [0.15, 0.2) is 0 Å². The summed E-state index contributed by atoms with van der Waals surface area (Å²) in [4.78, 5) is 0. The van der Waals surface area contributed by atoms with Gasteiger partial charge in [-0.25, -0.2) is 0 Å². The van der Waals surface area contributed by atoms with Crippen LogP contribution < -0.4 is 10.1 Å². The lowest BCUT2D eigenvalue weighted by molar-refractivity contribution is -0.0317. The van der Waals surface area contributed by atoms with Crippen LogP contribution in [0.15, 0.2) is 24.3 Å². The van der Waals surface area contributed by atoms with E-state index in [9.17, 15) is 0 Å². The fourth-order valence-corrected chi connectivity index (χ4v) is 1.83. The number of rotatable bonds is 9. The van der Waals surface area contributed by atoms with Crippen molar-refractivity contribution in [1.29, 1.82) is 0 Å². The fraction of sp³-hybridized carbons (Fsp3) is 0.647. The minimum Gasteiger partial charge on any atom is -0.491 e. The van der Waals surface area contributed by atoms with Crippen molar-refractivity contribution in [1.82, 2.24) is 5.32 Å². The van der Waals surface area contributed by atoms with Crippen LogP contribution in [0, 0.1) is 0 Å². The van der Waals surface area contributed by atoms with Crippen molar-refractivity contribution in [2.75, 3.05) is 13.2 Å². The summed E-state index contributed by atoms with van der Waals surface area (Å²) in [5, 5.41) is 3.51. The molecule has 1 fully saturated rings. The lowest BCUT2D eigenvalue weighted by atomic mass is 10.1. The van der Waals surface area contributed by atoms with Crippen molar-refractivity contribution in [2.45, 2.75) is 58.2 Å². The zero-order chi connectivity index (χ0) is 14.4. The van der Waals surface area contributed by atoms with Crippen LogP contribution >= 0.6 is 0 Å². The van der Waals surface area contributed by atoms with Gasteiger partial charge in [0.2, 0.25) is 0 Å². The quantitative estimate of drug-likeness (QED) is 0.701. The summed E-state index contributed by atoms with van der Waals surface area (Å²) < 4.78 is 11.5. The van der Waals surface area contributed by atoms with E-state index in [1.165, 1.54) is 18.4 Å². The first kappa shape index (κ1) is 15.3. The Morgan fingerprint density at radius 3 is 2.45 bits per heavy atom. The van der Waals surface area contributed by atoms with Gasteiger partial charge in [-0.3, -0.25) is 0 Å². The van der Waals surface area contributed by atoms with Gasteiger partial charge in [-0.1, -0.05) is 19.1 Å². The third kappa shape index (κ3) is 5.51. The zero-order valence-electron chi connectivity index (χ0n) is 12.9. The van der Waals surface area contributed by atoms with Crippen molar-refractivity contribution in [3.8, 4) is 5.75 Å². The molecule has 3 heteroatoms. The summed E-state index contributed by atoms with van der Waals surface area (Å²) in [6.07, 6.45) is 3.67. The molecule has 1 aliphatic carbocycles. The lowest BCUT2D eigenvalue weighted by Crippen LogP contribution is -2.25. The van der Waals surface area contributed by atoms with Gasteiger partial charge in [0.05, 0.1) is 12.2 Å². The molecular formula is C17H27NO2. The van der Waals surface area contributed by atoms with E-state index < -0.39 is 0 Å². The highest BCUT2D eigenvalue weighted by molar-refractivity contribution is 5.27. The zero-order valence-corrected chi connectivity index (χ0v) is 12.9. The van der Waals surface area contributed by atoms with Crippen LogP contribution in [-0.2, 0) is 11.3 Å². The van der Waals surface area contributed by atoms with Crippen LogP contribution in [0.25, 0.3) is 0 Å². The molecule has 0 amide bonds. The molecule has 0 aromatic heterocycles. The molecule has 1 N–H and O–H groups in total. The third-order valence-corrected chi connectivity index (χ3v) is 3.79. The van der Waals surface area contributed by atoms with E-state index in [2.05, 4.69) is 38.2 Å². The third-order valence-electron chi connectivity index (χ3n) is 3.79. The average Bonchev–Trinajstić information content (AvgIpc) is 3.27. The van der Waals surface area contributed by atoms with Crippen molar-refractivity contribution in [2.24, 2.45) is 0 Å². The highest BCUT2D eigenvalue weighted by atomic mass is 16.5. The molecule has 112 valence electrons. The van der Waals surface area contributed by atoms with Crippen LogP contribution in [0.4, 0.5) is 0 Å². The van der Waals surface area contributed by atoms with Crippen molar-refractivity contribution in [3.05, 3.63) is 29.8 Å². The minimum atomic E-state index is -0.0539. The van der Waals surface area contributed by atoms with Crippen molar-refractivity contribution >= 4 is 0 Å². The van der Waals surface area contributed by atoms with Gasteiger partial charge in [-0.15, -0.1) is 0 Å². The van der Waals surface area contributed by atoms with Gasteiger partial charge in [-0.2, -0.15) is 0 Å². The molecule has 0 radical (unpaired) electrons. The molecule has 1 aromatic carbocycles. The Balaban J connectivity index is 1.65. The van der Waals surface area contributed by atoms with Crippen LogP contribution in [0.2, 0.25) is 0 Å². The molecule has 0 bridgehead atoms. The Hall–Kier alpha value is -1.06. The predicted octanol–water partition coefficient (Wildman–Crippen LogP) is 3.52. The molecule has 0 aliphatic heterocycles. The second kappa shape index (κ2) is 7.09. The molecule has 0 unspecified atom stereocenters. The van der Waals surface area contributed by atoms with Gasteiger partial charge in [0.1, 0.15) is 12.4 Å². The summed E-state index contributed by atoms with van der Waals surface area (Å²) in [5.41, 5.74) is 1.26. The number of nitrogens with one attached hydrogen (secondary N) is 1. The summed E-state index contributed by atoms with van der Waals surface area (Å²) in [5.74, 6) is 0.915. The second-order valence-corrected chi connectivity index (χ2v) is 6.11. The summed E-state index contributed by atoms with van der Waals surface area (Å²) in [6, 6.07) is 9.08. The van der Waals surface area contributed by atoms with Gasteiger partial charge >= 0.3 is 0 Å². The molecule has 0 atom stereocenters. The lowest BCUT2D eigenvalue weighted by Gasteiger charge is -2.23. The predicted molar refractivity (Wildman–Crippen MR) is 82.1 cm³/mol.